The van der Waals surface area contributed by atoms with E-state index in [-0.39, 0.29) is 17.7 Å². The topological polar surface area (TPSA) is 88.5 Å². The van der Waals surface area contributed by atoms with Crippen LogP contribution in [0, 0.1) is 5.92 Å². The number of nitrogens with zero attached hydrogens (tertiary/aromatic N) is 1. The van der Waals surface area contributed by atoms with Crippen LogP contribution in [0.5, 0.6) is 0 Å². The summed E-state index contributed by atoms with van der Waals surface area (Å²) in [7, 11) is 0. The number of ether oxygens (including phenoxy) is 1. The van der Waals surface area contributed by atoms with Gasteiger partial charge in [0.05, 0.1) is 0 Å². The van der Waals surface area contributed by atoms with Crippen molar-refractivity contribution in [3.8, 4) is 0 Å². The van der Waals surface area contributed by atoms with Gasteiger partial charge in [-0.2, -0.15) is 0 Å². The molecule has 0 aromatic carbocycles. The predicted molar refractivity (Wildman–Crippen MR) is 71.7 cm³/mol. The predicted octanol–water partition coefficient (Wildman–Crippen LogP) is 1.59. The first-order chi connectivity index (χ1) is 9.65. The number of rotatable bonds is 5. The van der Waals surface area contributed by atoms with Gasteiger partial charge in [0.2, 0.25) is 0 Å². The number of carboxylic acids is 1. The quantitative estimate of drug-likeness (QED) is 0.861. The highest BCUT2D eigenvalue weighted by molar-refractivity contribution is 7.09. The van der Waals surface area contributed by atoms with Crippen LogP contribution in [0.15, 0.2) is 5.38 Å². The molecule has 108 valence electrons. The number of aromatic nitrogens is 1. The van der Waals surface area contributed by atoms with Crippen molar-refractivity contribution in [2.45, 2.75) is 37.8 Å². The highest BCUT2D eigenvalue weighted by Gasteiger charge is 2.37. The summed E-state index contributed by atoms with van der Waals surface area (Å²) < 4.78 is 5.52. The van der Waals surface area contributed by atoms with Crippen molar-refractivity contribution in [2.75, 3.05) is 6.61 Å². The van der Waals surface area contributed by atoms with Gasteiger partial charge in [0.15, 0.2) is 0 Å². The molecule has 7 heteroatoms. The number of hydrogen-bond acceptors (Lipinski definition) is 5. The molecule has 1 saturated heterocycles. The molecule has 1 aromatic rings. The summed E-state index contributed by atoms with van der Waals surface area (Å²) in [6, 6.07) is -0.796. The van der Waals surface area contributed by atoms with Crippen molar-refractivity contribution in [1.29, 1.82) is 0 Å². The van der Waals surface area contributed by atoms with Gasteiger partial charge in [0.25, 0.3) is 5.91 Å². The molecule has 0 spiro atoms. The summed E-state index contributed by atoms with van der Waals surface area (Å²) in [5.74, 6) is -1.33. The molecule has 2 heterocycles. The summed E-state index contributed by atoms with van der Waals surface area (Å²) in [6.45, 7) is 0.731. The van der Waals surface area contributed by atoms with Gasteiger partial charge in [-0.15, -0.1) is 11.3 Å². The average Bonchev–Trinajstić information content (AvgIpc) is 2.94. The van der Waals surface area contributed by atoms with E-state index < -0.39 is 17.9 Å². The first kappa shape index (κ1) is 13.5. The molecule has 1 saturated carbocycles. The molecule has 0 bridgehead atoms. The van der Waals surface area contributed by atoms with Crippen molar-refractivity contribution in [3.63, 3.8) is 0 Å². The van der Waals surface area contributed by atoms with Gasteiger partial charge in [-0.25, -0.2) is 9.78 Å². The van der Waals surface area contributed by atoms with E-state index in [9.17, 15) is 9.59 Å². The lowest BCUT2D eigenvalue weighted by molar-refractivity contribution is -0.139. The number of nitrogens with one attached hydrogen (secondary N) is 1. The molecule has 1 aliphatic heterocycles. The van der Waals surface area contributed by atoms with Crippen LogP contribution in [-0.2, 0) is 9.53 Å². The SMILES string of the molecule is O=C(NC(C(=O)O)C1CC1)c1csc(C2CCCO2)n1. The molecule has 1 aromatic heterocycles. The normalized spacial score (nSPS) is 23.5. The smallest absolute Gasteiger partial charge is 0.326 e. The van der Waals surface area contributed by atoms with E-state index in [1.54, 1.807) is 5.38 Å². The van der Waals surface area contributed by atoms with Crippen LogP contribution in [0.3, 0.4) is 0 Å². The maximum atomic E-state index is 12.0. The summed E-state index contributed by atoms with van der Waals surface area (Å²) in [4.78, 5) is 27.4. The Morgan fingerprint density at radius 3 is 2.85 bits per heavy atom. The summed E-state index contributed by atoms with van der Waals surface area (Å²) >= 11 is 1.39. The lowest BCUT2D eigenvalue weighted by Crippen LogP contribution is -2.42. The molecule has 2 fully saturated rings. The van der Waals surface area contributed by atoms with Crippen LogP contribution in [-0.4, -0.2) is 34.6 Å². The Kier molecular flexibility index (Phi) is 3.71. The van der Waals surface area contributed by atoms with E-state index in [0.29, 0.717) is 0 Å². The first-order valence-corrected chi connectivity index (χ1v) is 7.64. The fraction of sp³-hybridized carbons (Fsp3) is 0.615. The fourth-order valence-electron chi connectivity index (χ4n) is 2.34. The Balaban J connectivity index is 1.65. The van der Waals surface area contributed by atoms with Crippen molar-refractivity contribution in [1.82, 2.24) is 10.3 Å². The fourth-order valence-corrected chi connectivity index (χ4v) is 3.22. The maximum absolute atomic E-state index is 12.0. The first-order valence-electron chi connectivity index (χ1n) is 6.76. The van der Waals surface area contributed by atoms with Crippen molar-refractivity contribution in [2.24, 2.45) is 5.92 Å². The molecule has 2 unspecified atom stereocenters. The van der Waals surface area contributed by atoms with Crippen molar-refractivity contribution >= 4 is 23.2 Å². The van der Waals surface area contributed by atoms with Gasteiger partial charge >= 0.3 is 5.97 Å². The van der Waals surface area contributed by atoms with Gasteiger partial charge in [-0.1, -0.05) is 0 Å². The zero-order valence-corrected chi connectivity index (χ0v) is 11.7. The molecule has 0 radical (unpaired) electrons. The molecular formula is C13H16N2O4S. The lowest BCUT2D eigenvalue weighted by atomic mass is 10.2. The van der Waals surface area contributed by atoms with Gasteiger partial charge in [0, 0.05) is 12.0 Å². The second kappa shape index (κ2) is 5.49. The van der Waals surface area contributed by atoms with E-state index in [1.165, 1.54) is 11.3 Å². The molecule has 2 aliphatic rings. The third kappa shape index (κ3) is 2.83. The van der Waals surface area contributed by atoms with Crippen LogP contribution in [0.4, 0.5) is 0 Å². The molecular weight excluding hydrogens is 280 g/mol. The van der Waals surface area contributed by atoms with Crippen LogP contribution in [0.1, 0.15) is 47.3 Å². The van der Waals surface area contributed by atoms with Crippen LogP contribution in [0.25, 0.3) is 0 Å². The molecule has 2 atom stereocenters. The van der Waals surface area contributed by atoms with Crippen molar-refractivity contribution in [3.05, 3.63) is 16.1 Å². The summed E-state index contributed by atoms with van der Waals surface area (Å²) in [5.41, 5.74) is 0.285. The van der Waals surface area contributed by atoms with E-state index in [2.05, 4.69) is 10.3 Å². The number of thiazole rings is 1. The maximum Gasteiger partial charge on any atom is 0.326 e. The third-order valence-electron chi connectivity index (χ3n) is 3.61. The average molecular weight is 296 g/mol. The molecule has 1 amide bonds. The monoisotopic (exact) mass is 296 g/mol. The minimum absolute atomic E-state index is 0.0137. The van der Waals surface area contributed by atoms with E-state index >= 15 is 0 Å². The molecule has 20 heavy (non-hydrogen) atoms. The standard InChI is InChI=1S/C13H16N2O4S/c16-11(15-10(13(17)18)7-3-4-7)8-6-20-12(14-8)9-2-1-5-19-9/h6-7,9-10H,1-5H2,(H,15,16)(H,17,18). The number of carbonyl (C=O) groups is 2. The third-order valence-corrected chi connectivity index (χ3v) is 4.54. The molecule has 3 rings (SSSR count). The lowest BCUT2D eigenvalue weighted by Gasteiger charge is -2.12. The van der Waals surface area contributed by atoms with Crippen molar-refractivity contribution < 1.29 is 19.4 Å². The molecule has 1 aliphatic carbocycles. The number of hydrogen-bond donors (Lipinski definition) is 2. The van der Waals surface area contributed by atoms with E-state index in [0.717, 1.165) is 37.3 Å². The second-order valence-electron chi connectivity index (χ2n) is 5.20. The van der Waals surface area contributed by atoms with Crippen LogP contribution >= 0.6 is 11.3 Å². The Labute approximate surface area is 120 Å². The molecule has 6 nitrogen and oxygen atoms in total. The highest BCUT2D eigenvalue weighted by Crippen LogP contribution is 2.33. The van der Waals surface area contributed by atoms with E-state index in [4.69, 9.17) is 9.84 Å². The van der Waals surface area contributed by atoms with Gasteiger partial charge in [0.1, 0.15) is 22.8 Å². The van der Waals surface area contributed by atoms with Gasteiger partial charge in [-0.3, -0.25) is 4.79 Å². The Morgan fingerprint density at radius 2 is 2.25 bits per heavy atom. The van der Waals surface area contributed by atoms with E-state index in [1.807, 2.05) is 0 Å². The summed E-state index contributed by atoms with van der Waals surface area (Å²) in [5, 5.41) is 14.1. The van der Waals surface area contributed by atoms with Crippen LogP contribution in [0.2, 0.25) is 0 Å². The van der Waals surface area contributed by atoms with Crippen LogP contribution < -0.4 is 5.32 Å². The number of aliphatic carboxylic acids is 1. The minimum Gasteiger partial charge on any atom is -0.480 e. The Hall–Kier alpha value is -1.47. The zero-order chi connectivity index (χ0) is 14.1. The number of carbonyl (C=O) groups excluding carboxylic acids is 1. The molecule has 2 N–H and O–H groups in total. The number of amides is 1. The Morgan fingerprint density at radius 1 is 1.45 bits per heavy atom. The summed E-state index contributed by atoms with van der Waals surface area (Å²) in [6.07, 6.45) is 3.63. The van der Waals surface area contributed by atoms with Gasteiger partial charge in [-0.05, 0) is 31.6 Å². The zero-order valence-electron chi connectivity index (χ0n) is 10.9. The number of carboxylic acid groups (broad SMARTS) is 1. The highest BCUT2D eigenvalue weighted by atomic mass is 32.1. The second-order valence-corrected chi connectivity index (χ2v) is 6.09. The Bertz CT molecular complexity index is 520. The largest absolute Gasteiger partial charge is 0.480 e. The minimum atomic E-state index is -0.976. The van der Waals surface area contributed by atoms with Gasteiger partial charge < -0.3 is 15.2 Å².